The number of fused-ring (bicyclic) bond motifs is 3. The molecule has 356 valence electrons. The number of phenolic OH excluding ortho intramolecular Hbond substituents is 3. The van der Waals surface area contributed by atoms with E-state index in [-0.39, 0.29) is 41.4 Å². The zero-order valence-electron chi connectivity index (χ0n) is 38.9. The highest BCUT2D eigenvalue weighted by Crippen LogP contribution is 2.37. The lowest BCUT2D eigenvalue weighted by atomic mass is 9.87. The third kappa shape index (κ3) is 11.9. The van der Waals surface area contributed by atoms with E-state index in [9.17, 15) is 25.5 Å². The highest BCUT2D eigenvalue weighted by atomic mass is 16.3. The second-order valence-electron chi connectivity index (χ2n) is 19.8. The summed E-state index contributed by atoms with van der Waals surface area (Å²) < 4.78 is 0. The number of nitrogens with one attached hydrogen (secondary N) is 4. The normalized spacial score (nSPS) is 26.2. The van der Waals surface area contributed by atoms with Crippen LogP contribution in [0.4, 0.5) is 0 Å². The van der Waals surface area contributed by atoms with Gasteiger partial charge in [0, 0.05) is 86.6 Å². The van der Waals surface area contributed by atoms with E-state index in [1.807, 2.05) is 12.1 Å². The van der Waals surface area contributed by atoms with E-state index in [0.717, 1.165) is 101 Å². The number of para-hydroxylation sites is 1. The Bertz CT molecular complexity index is 2330. The molecule has 11 heteroatoms. The zero-order valence-corrected chi connectivity index (χ0v) is 38.9. The Balaban J connectivity index is 1.01. The molecule has 12 rings (SSSR count). The number of phenols is 3. The number of aliphatic hydroxyl groups is 2. The van der Waals surface area contributed by atoms with Gasteiger partial charge in [-0.1, -0.05) is 130 Å². The zero-order chi connectivity index (χ0) is 46.1. The first-order valence-electron chi connectivity index (χ1n) is 25.1. The van der Waals surface area contributed by atoms with Crippen LogP contribution in [0.5, 0.6) is 17.2 Å². The maximum atomic E-state index is 12.2. The number of nitrogens with zero attached hydrogens (tertiary/aromatic N) is 2. The van der Waals surface area contributed by atoms with Crippen molar-refractivity contribution in [1.82, 2.24) is 31.1 Å². The number of hydrogen-bond acceptors (Lipinski definition) is 11. The smallest absolute Gasteiger partial charge is 0.137 e. The lowest BCUT2D eigenvalue weighted by Gasteiger charge is -2.43. The van der Waals surface area contributed by atoms with Gasteiger partial charge in [-0.2, -0.15) is 0 Å². The molecule has 11 nitrogen and oxygen atoms in total. The van der Waals surface area contributed by atoms with Crippen molar-refractivity contribution < 1.29 is 25.5 Å². The van der Waals surface area contributed by atoms with Crippen LogP contribution >= 0.6 is 0 Å². The van der Waals surface area contributed by atoms with Gasteiger partial charge in [-0.25, -0.2) is 0 Å². The Morgan fingerprint density at radius 1 is 0.388 bits per heavy atom. The van der Waals surface area contributed by atoms with Crippen LogP contribution in [0.2, 0.25) is 0 Å². The summed E-state index contributed by atoms with van der Waals surface area (Å²) in [6.45, 7) is 3.96. The highest BCUT2D eigenvalue weighted by Gasteiger charge is 2.37. The van der Waals surface area contributed by atoms with Gasteiger partial charge in [0.2, 0.25) is 0 Å². The molecule has 6 bridgehead atoms. The van der Waals surface area contributed by atoms with Crippen LogP contribution in [-0.4, -0.2) is 71.6 Å². The number of aromatic hydroxyl groups is 3. The Kier molecular flexibility index (Phi) is 15.9. The van der Waals surface area contributed by atoms with E-state index >= 15 is 0 Å². The van der Waals surface area contributed by atoms with E-state index in [1.54, 1.807) is 12.1 Å². The first kappa shape index (κ1) is 47.3. The summed E-state index contributed by atoms with van der Waals surface area (Å²) in [4.78, 5) is 4.29. The van der Waals surface area contributed by atoms with E-state index < -0.39 is 12.5 Å². The molecular weight excluding hydrogens is 837 g/mol. The molecule has 3 aliphatic carbocycles. The molecular formula is C56H72N6O5. The number of hydrogen-bond donors (Lipinski definition) is 9. The topological polar surface area (TPSA) is 156 Å². The molecule has 0 amide bonds. The van der Waals surface area contributed by atoms with Gasteiger partial charge in [-0.3, -0.25) is 9.80 Å². The summed E-state index contributed by atoms with van der Waals surface area (Å²) in [5.74, 6) is 0.0499. The molecule has 67 heavy (non-hydrogen) atoms. The molecule has 3 saturated carbocycles. The first-order valence-corrected chi connectivity index (χ1v) is 25.1. The van der Waals surface area contributed by atoms with Crippen LogP contribution in [0, 0.1) is 0 Å². The minimum absolute atomic E-state index is 0.000262. The molecule has 7 aliphatic rings. The van der Waals surface area contributed by atoms with Crippen LogP contribution < -0.4 is 21.3 Å². The van der Waals surface area contributed by atoms with E-state index in [2.05, 4.69) is 104 Å². The molecule has 0 spiro atoms. The van der Waals surface area contributed by atoms with Gasteiger partial charge in [0.05, 0.1) is 0 Å². The van der Waals surface area contributed by atoms with Gasteiger partial charge in [0.15, 0.2) is 0 Å². The van der Waals surface area contributed by atoms with Gasteiger partial charge >= 0.3 is 0 Å². The fourth-order valence-electron chi connectivity index (χ4n) is 11.4. The highest BCUT2D eigenvalue weighted by molar-refractivity contribution is 5.40. The third-order valence-electron chi connectivity index (χ3n) is 15.3. The summed E-state index contributed by atoms with van der Waals surface area (Å²) >= 11 is 0. The molecule has 0 radical (unpaired) electrons. The summed E-state index contributed by atoms with van der Waals surface area (Å²) in [6, 6.07) is 38.9. The van der Waals surface area contributed by atoms with Crippen molar-refractivity contribution in [3.05, 3.63) is 160 Å². The minimum Gasteiger partial charge on any atom is -0.508 e. The van der Waals surface area contributed by atoms with E-state index in [1.165, 1.54) is 47.7 Å². The first-order chi connectivity index (χ1) is 32.8. The summed E-state index contributed by atoms with van der Waals surface area (Å²) in [5, 5.41) is 72.3. The Hall–Kier alpha value is -4.82. The Labute approximate surface area is 397 Å². The molecule has 0 saturated heterocycles. The van der Waals surface area contributed by atoms with Crippen molar-refractivity contribution in [3.8, 4) is 17.2 Å². The van der Waals surface area contributed by atoms with Crippen molar-refractivity contribution in [2.75, 3.05) is 0 Å². The maximum Gasteiger partial charge on any atom is 0.137 e. The minimum atomic E-state index is -1.14. The van der Waals surface area contributed by atoms with Crippen molar-refractivity contribution in [2.45, 2.75) is 165 Å². The molecule has 8 atom stereocenters. The van der Waals surface area contributed by atoms with Crippen molar-refractivity contribution >= 4 is 0 Å². The Morgan fingerprint density at radius 3 is 1.19 bits per heavy atom. The quantitative estimate of drug-likeness (QED) is 0.0798. The number of benzene rings is 5. The van der Waals surface area contributed by atoms with Crippen molar-refractivity contribution in [3.63, 3.8) is 0 Å². The number of aliphatic hydroxyl groups excluding tert-OH is 2. The Morgan fingerprint density at radius 2 is 0.746 bits per heavy atom. The van der Waals surface area contributed by atoms with Gasteiger partial charge in [0.25, 0.3) is 0 Å². The monoisotopic (exact) mass is 909 g/mol. The van der Waals surface area contributed by atoms with E-state index in [0.29, 0.717) is 42.8 Å². The molecule has 4 heterocycles. The fraction of sp³-hybridized carbons (Fsp3) is 0.464. The average Bonchev–Trinajstić information content (AvgIpc) is 3.36. The number of rotatable bonds is 4. The van der Waals surface area contributed by atoms with Gasteiger partial charge in [-0.05, 0) is 96.2 Å². The summed E-state index contributed by atoms with van der Waals surface area (Å²) in [7, 11) is 0. The largest absolute Gasteiger partial charge is 0.508 e. The molecule has 5 aromatic carbocycles. The van der Waals surface area contributed by atoms with Crippen LogP contribution in [0.1, 0.15) is 134 Å². The van der Waals surface area contributed by atoms with E-state index in [4.69, 9.17) is 0 Å². The van der Waals surface area contributed by atoms with Crippen LogP contribution in [0.3, 0.4) is 0 Å². The van der Waals surface area contributed by atoms with Crippen LogP contribution in [-0.2, 0) is 39.3 Å². The predicted octanol–water partition coefficient (Wildman–Crippen LogP) is 8.50. The summed E-state index contributed by atoms with van der Waals surface area (Å²) in [5.41, 5.74) is 7.84. The van der Waals surface area contributed by atoms with Crippen molar-refractivity contribution in [1.29, 1.82) is 0 Å². The average molecular weight is 909 g/mol. The van der Waals surface area contributed by atoms with Crippen LogP contribution in [0.25, 0.3) is 0 Å². The SMILES string of the molecule is Oc1ccc(O)c(C(O)N2Cc3ccc(cc3)CNC3CCCCC3NCc3ccc(cc3)CNC3CCCCC3N(C(O)c3ccccc3O)Cc3ccc(cc3)CNC3CCCCC32)c1. The lowest BCUT2D eigenvalue weighted by molar-refractivity contribution is -0.0539. The molecule has 8 unspecified atom stereocenters. The fourth-order valence-corrected chi connectivity index (χ4v) is 11.4. The molecule has 9 N–H and O–H groups in total. The second-order valence-corrected chi connectivity index (χ2v) is 19.8. The predicted molar refractivity (Wildman–Crippen MR) is 264 cm³/mol. The van der Waals surface area contributed by atoms with Gasteiger partial charge in [0.1, 0.15) is 29.7 Å². The van der Waals surface area contributed by atoms with Crippen LogP contribution in [0.15, 0.2) is 115 Å². The molecule has 3 fully saturated rings. The second kappa shape index (κ2) is 22.5. The molecule has 5 aromatic rings. The molecule has 4 aliphatic heterocycles. The maximum absolute atomic E-state index is 12.2. The lowest BCUT2D eigenvalue weighted by Crippen LogP contribution is -2.52. The van der Waals surface area contributed by atoms with Crippen molar-refractivity contribution in [2.24, 2.45) is 0 Å². The molecule has 0 aromatic heterocycles. The van der Waals surface area contributed by atoms with Gasteiger partial charge < -0.3 is 46.8 Å². The standard InChI is InChI=1S/C56H72N6O5/c63-44-29-30-54(65)46(31-44)56(67)62-37-43-25-21-40(22-26-43)33-58-48-11-3-2-10-47(48)57-32-38-17-19-39(20-18-38)34-59-49-12-4-6-14-51(49)61(55(66)45-9-1-8-16-53(45)64)36-42-27-23-41(24-28-42)35-60-50-13-5-7-15-52(50)62/h1,8-9,16-31,47-52,55-60,63-67H,2-7,10-15,32-37H2. The van der Waals surface area contributed by atoms with Gasteiger partial charge in [-0.15, -0.1) is 0 Å². The third-order valence-corrected chi connectivity index (χ3v) is 15.3. The summed E-state index contributed by atoms with van der Waals surface area (Å²) in [6.07, 6.45) is 10.7.